The van der Waals surface area contributed by atoms with Crippen molar-refractivity contribution in [2.24, 2.45) is 4.99 Å². The third kappa shape index (κ3) is 8.67. The summed E-state index contributed by atoms with van der Waals surface area (Å²) in [5.74, 6) is 2.84. The Morgan fingerprint density at radius 1 is 1.13 bits per heavy atom. The molecule has 0 saturated carbocycles. The second-order valence-electron chi connectivity index (χ2n) is 7.20. The number of aliphatic imine (C=N–C) groups is 1. The maximum Gasteiger partial charge on any atom is 0.191 e. The predicted molar refractivity (Wildman–Crippen MR) is 144 cm³/mol. The number of hydrogen-bond acceptors (Lipinski definition) is 5. The molecule has 9 heteroatoms. The van der Waals surface area contributed by atoms with Gasteiger partial charge in [-0.3, -0.25) is 0 Å². The van der Waals surface area contributed by atoms with Gasteiger partial charge < -0.3 is 20.4 Å². The average molecular weight is 575 g/mol. The van der Waals surface area contributed by atoms with E-state index in [4.69, 9.17) is 16.6 Å². The van der Waals surface area contributed by atoms with Crippen LogP contribution >= 0.6 is 47.3 Å². The van der Waals surface area contributed by atoms with Crippen molar-refractivity contribution in [2.45, 2.75) is 18.4 Å². The van der Waals surface area contributed by atoms with Crippen LogP contribution in [0.25, 0.3) is 0 Å². The molecule has 31 heavy (non-hydrogen) atoms. The summed E-state index contributed by atoms with van der Waals surface area (Å²) < 4.78 is 0. The van der Waals surface area contributed by atoms with Gasteiger partial charge in [-0.25, -0.2) is 9.98 Å². The molecule has 1 aromatic carbocycles. The molecule has 1 saturated heterocycles. The Labute approximate surface area is 212 Å². The fraction of sp³-hybridized carbons (Fsp3) is 0.455. The number of nitrogens with one attached hydrogen (secondary N) is 2. The maximum atomic E-state index is 5.95. The zero-order valence-electron chi connectivity index (χ0n) is 18.2. The Morgan fingerprint density at radius 2 is 1.87 bits per heavy atom. The molecule has 0 bridgehead atoms. The summed E-state index contributed by atoms with van der Waals surface area (Å²) in [5.41, 5.74) is 1.16. The van der Waals surface area contributed by atoms with Gasteiger partial charge in [-0.15, -0.1) is 35.7 Å². The van der Waals surface area contributed by atoms with Gasteiger partial charge in [0.15, 0.2) is 5.96 Å². The molecular weight excluding hydrogens is 543 g/mol. The van der Waals surface area contributed by atoms with Crippen molar-refractivity contribution >= 4 is 59.1 Å². The van der Waals surface area contributed by atoms with E-state index >= 15 is 0 Å². The fourth-order valence-corrected chi connectivity index (χ4v) is 4.13. The molecule has 0 atom stereocenters. The lowest BCUT2D eigenvalue weighted by Gasteiger charge is -2.34. The molecule has 170 valence electrons. The van der Waals surface area contributed by atoms with Crippen molar-refractivity contribution in [1.82, 2.24) is 20.5 Å². The Bertz CT molecular complexity index is 812. The number of benzene rings is 1. The standard InChI is InChI=1S/C22H31ClN6S.HI/c1-3-24-22(26-11-16-30-20-8-6-19(23)7-9-20)27-17-18-5-4-10-25-21(18)29-14-12-28(2)13-15-29;/h4-10H,3,11-17H2,1-2H3,(H2,24,26,27);1H. The molecule has 3 rings (SSSR count). The molecular formula is C22H32ClIN6S. The molecule has 0 spiro atoms. The molecule has 0 aliphatic carbocycles. The number of thioether (sulfide) groups is 1. The number of rotatable bonds is 8. The number of anilines is 1. The van der Waals surface area contributed by atoms with Crippen LogP contribution in [0.5, 0.6) is 0 Å². The van der Waals surface area contributed by atoms with Crippen molar-refractivity contribution in [3.63, 3.8) is 0 Å². The van der Waals surface area contributed by atoms with Crippen molar-refractivity contribution < 1.29 is 0 Å². The number of nitrogens with zero attached hydrogens (tertiary/aromatic N) is 4. The summed E-state index contributed by atoms with van der Waals surface area (Å²) >= 11 is 7.75. The topological polar surface area (TPSA) is 55.8 Å². The highest BCUT2D eigenvalue weighted by atomic mass is 127. The second kappa shape index (κ2) is 14.0. The number of halogens is 2. The number of hydrogen-bond donors (Lipinski definition) is 2. The van der Waals surface area contributed by atoms with Crippen LogP contribution in [-0.4, -0.2) is 67.9 Å². The van der Waals surface area contributed by atoms with Crippen LogP contribution in [0.15, 0.2) is 52.5 Å². The van der Waals surface area contributed by atoms with Gasteiger partial charge in [-0.05, 0) is 44.3 Å². The molecule has 0 radical (unpaired) electrons. The van der Waals surface area contributed by atoms with Gasteiger partial charge in [0.25, 0.3) is 0 Å². The van der Waals surface area contributed by atoms with Crippen molar-refractivity contribution in [1.29, 1.82) is 0 Å². The van der Waals surface area contributed by atoms with Gasteiger partial charge in [0.2, 0.25) is 0 Å². The minimum atomic E-state index is 0. The highest BCUT2D eigenvalue weighted by molar-refractivity contribution is 14.0. The predicted octanol–water partition coefficient (Wildman–Crippen LogP) is 3.95. The van der Waals surface area contributed by atoms with E-state index in [-0.39, 0.29) is 24.0 Å². The summed E-state index contributed by atoms with van der Waals surface area (Å²) in [5, 5.41) is 7.53. The van der Waals surface area contributed by atoms with Gasteiger partial charge in [-0.2, -0.15) is 0 Å². The summed E-state index contributed by atoms with van der Waals surface area (Å²) in [6.07, 6.45) is 1.87. The normalized spacial score (nSPS) is 14.8. The summed E-state index contributed by atoms with van der Waals surface area (Å²) in [6.45, 7) is 8.49. The van der Waals surface area contributed by atoms with Crippen LogP contribution in [-0.2, 0) is 6.54 Å². The summed E-state index contributed by atoms with van der Waals surface area (Å²) in [7, 11) is 2.17. The molecule has 1 aliphatic rings. The van der Waals surface area contributed by atoms with Gasteiger partial charge in [-0.1, -0.05) is 17.7 Å². The summed E-state index contributed by atoms with van der Waals surface area (Å²) in [6, 6.07) is 12.1. The number of pyridine rings is 1. The molecule has 2 N–H and O–H groups in total. The lowest BCUT2D eigenvalue weighted by molar-refractivity contribution is 0.312. The van der Waals surface area contributed by atoms with E-state index in [9.17, 15) is 0 Å². The molecule has 2 aromatic rings. The maximum absolute atomic E-state index is 5.95. The van der Waals surface area contributed by atoms with E-state index in [2.05, 4.69) is 57.6 Å². The Balaban J connectivity index is 0.00000341. The number of piperazine rings is 1. The molecule has 0 amide bonds. The molecule has 0 unspecified atom stereocenters. The van der Waals surface area contributed by atoms with E-state index in [1.807, 2.05) is 24.4 Å². The van der Waals surface area contributed by atoms with Gasteiger partial charge in [0.1, 0.15) is 5.82 Å². The molecule has 1 fully saturated rings. The van der Waals surface area contributed by atoms with Crippen LogP contribution in [0, 0.1) is 0 Å². The third-order valence-corrected chi connectivity index (χ3v) is 6.16. The monoisotopic (exact) mass is 574 g/mol. The van der Waals surface area contributed by atoms with Gasteiger partial charge in [0, 0.05) is 66.7 Å². The Hall–Kier alpha value is -1.23. The SMILES string of the molecule is CCNC(=NCc1cccnc1N1CCN(C)CC1)NCCSc1ccc(Cl)cc1.I. The highest BCUT2D eigenvalue weighted by Crippen LogP contribution is 2.20. The number of aromatic nitrogens is 1. The molecule has 2 heterocycles. The summed E-state index contributed by atoms with van der Waals surface area (Å²) in [4.78, 5) is 15.4. The Kier molecular flexibility index (Phi) is 11.8. The van der Waals surface area contributed by atoms with Crippen LogP contribution in [0.1, 0.15) is 12.5 Å². The van der Waals surface area contributed by atoms with Crippen LogP contribution in [0.2, 0.25) is 5.02 Å². The highest BCUT2D eigenvalue weighted by Gasteiger charge is 2.17. The largest absolute Gasteiger partial charge is 0.357 e. The first kappa shape index (κ1) is 26.0. The molecule has 6 nitrogen and oxygen atoms in total. The van der Waals surface area contributed by atoms with E-state index in [0.717, 1.165) is 67.4 Å². The average Bonchev–Trinajstić information content (AvgIpc) is 2.77. The minimum Gasteiger partial charge on any atom is -0.357 e. The first-order valence-electron chi connectivity index (χ1n) is 10.4. The molecule has 1 aliphatic heterocycles. The van der Waals surface area contributed by atoms with Crippen LogP contribution in [0.4, 0.5) is 5.82 Å². The van der Waals surface area contributed by atoms with Crippen molar-refractivity contribution in [3.8, 4) is 0 Å². The number of guanidine groups is 1. The second-order valence-corrected chi connectivity index (χ2v) is 8.81. The van der Waals surface area contributed by atoms with Gasteiger partial charge >= 0.3 is 0 Å². The lowest BCUT2D eigenvalue weighted by atomic mass is 10.2. The fourth-order valence-electron chi connectivity index (χ4n) is 3.23. The smallest absolute Gasteiger partial charge is 0.191 e. The van der Waals surface area contributed by atoms with Gasteiger partial charge in [0.05, 0.1) is 6.54 Å². The van der Waals surface area contributed by atoms with Crippen molar-refractivity contribution in [2.75, 3.05) is 57.0 Å². The van der Waals surface area contributed by atoms with E-state index in [1.54, 1.807) is 11.8 Å². The van der Waals surface area contributed by atoms with Crippen LogP contribution < -0.4 is 15.5 Å². The number of likely N-dealkylation sites (N-methyl/N-ethyl adjacent to an activating group) is 1. The van der Waals surface area contributed by atoms with E-state index in [0.29, 0.717) is 6.54 Å². The first-order valence-corrected chi connectivity index (χ1v) is 11.8. The first-order chi connectivity index (χ1) is 14.7. The van der Waals surface area contributed by atoms with E-state index in [1.165, 1.54) is 4.90 Å². The minimum absolute atomic E-state index is 0. The zero-order valence-corrected chi connectivity index (χ0v) is 22.1. The van der Waals surface area contributed by atoms with Crippen LogP contribution in [0.3, 0.4) is 0 Å². The lowest BCUT2D eigenvalue weighted by Crippen LogP contribution is -2.45. The zero-order chi connectivity index (χ0) is 21.2. The third-order valence-electron chi connectivity index (χ3n) is 4.90. The van der Waals surface area contributed by atoms with E-state index < -0.39 is 0 Å². The molecule has 1 aromatic heterocycles. The Morgan fingerprint density at radius 3 is 2.58 bits per heavy atom. The van der Waals surface area contributed by atoms with Crippen molar-refractivity contribution in [3.05, 3.63) is 53.2 Å². The quantitative estimate of drug-likeness (QED) is 0.164.